The Morgan fingerprint density at radius 2 is 1.96 bits per heavy atom. The minimum atomic E-state index is -0.971. The topological polar surface area (TPSA) is 101 Å². The number of carboxylic acid groups (broad SMARTS) is 1. The molecule has 1 aromatic heterocycles. The molecule has 0 spiro atoms. The van der Waals surface area contributed by atoms with Crippen molar-refractivity contribution in [1.82, 2.24) is 14.9 Å². The zero-order valence-electron chi connectivity index (χ0n) is 16.5. The van der Waals surface area contributed by atoms with E-state index >= 15 is 0 Å². The van der Waals surface area contributed by atoms with E-state index < -0.39 is 11.4 Å². The highest BCUT2D eigenvalue weighted by atomic mass is 16.4. The fourth-order valence-corrected chi connectivity index (χ4v) is 3.79. The Balaban J connectivity index is 1.89. The number of amides is 1. The number of hydrogen-bond acceptors (Lipinski definition) is 4. The van der Waals surface area contributed by atoms with Gasteiger partial charge in [-0.1, -0.05) is 20.3 Å². The van der Waals surface area contributed by atoms with Crippen LogP contribution in [0.5, 0.6) is 0 Å². The highest BCUT2D eigenvalue weighted by Crippen LogP contribution is 2.26. The quantitative estimate of drug-likeness (QED) is 0.796. The molecule has 7 heteroatoms. The Bertz CT molecular complexity index is 960. The highest BCUT2D eigenvalue weighted by Gasteiger charge is 2.35. The third-order valence-corrected chi connectivity index (χ3v) is 5.97. The van der Waals surface area contributed by atoms with E-state index in [0.717, 1.165) is 31.5 Å². The molecule has 0 unspecified atom stereocenters. The molecule has 2 aromatic rings. The second kappa shape index (κ2) is 8.12. The lowest BCUT2D eigenvalue weighted by molar-refractivity contribution is -0.149. The zero-order valence-corrected chi connectivity index (χ0v) is 16.5. The number of carboxylic acids is 1. The summed E-state index contributed by atoms with van der Waals surface area (Å²) in [5.41, 5.74) is -0.137. The summed E-state index contributed by atoms with van der Waals surface area (Å²) in [6.45, 7) is 4.36. The fourth-order valence-electron chi connectivity index (χ4n) is 3.79. The number of aryl methyl sites for hydroxylation is 1. The van der Waals surface area contributed by atoms with Crippen molar-refractivity contribution < 1.29 is 14.7 Å². The summed E-state index contributed by atoms with van der Waals surface area (Å²) >= 11 is 0. The first-order chi connectivity index (χ1) is 13.4. The molecule has 0 bridgehead atoms. The fraction of sp³-hybridized carbons (Fsp3) is 0.524. The van der Waals surface area contributed by atoms with Gasteiger partial charge < -0.3 is 10.4 Å². The van der Waals surface area contributed by atoms with Gasteiger partial charge in [0.05, 0.1) is 16.3 Å². The molecule has 0 fully saturated rings. The number of carbonyl (C=O) groups is 2. The van der Waals surface area contributed by atoms with Crippen molar-refractivity contribution >= 4 is 22.8 Å². The number of aromatic nitrogens is 2. The second-order valence-electron chi connectivity index (χ2n) is 7.50. The van der Waals surface area contributed by atoms with E-state index in [1.165, 1.54) is 0 Å². The number of carbonyl (C=O) groups excluding carboxylic acids is 1. The van der Waals surface area contributed by atoms with Crippen molar-refractivity contribution in [2.45, 2.75) is 58.9 Å². The molecule has 2 N–H and O–H groups in total. The lowest BCUT2D eigenvalue weighted by Crippen LogP contribution is -2.42. The molecule has 28 heavy (non-hydrogen) atoms. The molecule has 0 saturated carbocycles. The standard InChI is InChI=1S/C21H27N3O4/c1-3-21(4-2,20(27)28)13-22-18(25)14-9-10-15-16(12-14)23-17-8-6-5-7-11-24(17)19(15)26/h9-10,12H,3-8,11,13H2,1-2H3,(H,22,25)(H,27,28). The van der Waals surface area contributed by atoms with Crippen molar-refractivity contribution in [3.63, 3.8) is 0 Å². The number of benzene rings is 1. The van der Waals surface area contributed by atoms with Crippen molar-refractivity contribution in [3.8, 4) is 0 Å². The molecular formula is C21H27N3O4. The maximum absolute atomic E-state index is 12.8. The predicted molar refractivity (Wildman–Crippen MR) is 107 cm³/mol. The maximum Gasteiger partial charge on any atom is 0.311 e. The van der Waals surface area contributed by atoms with E-state index in [1.54, 1.807) is 22.8 Å². The van der Waals surface area contributed by atoms with Crippen LogP contribution in [0.4, 0.5) is 0 Å². The van der Waals surface area contributed by atoms with Crippen LogP contribution < -0.4 is 10.9 Å². The molecular weight excluding hydrogens is 358 g/mol. The molecule has 1 amide bonds. The number of aliphatic carboxylic acids is 1. The Kier molecular flexibility index (Phi) is 5.82. The zero-order chi connectivity index (χ0) is 20.3. The van der Waals surface area contributed by atoms with Crippen molar-refractivity contribution in [1.29, 1.82) is 0 Å². The number of rotatable bonds is 6. The first kappa shape index (κ1) is 20.0. The average molecular weight is 385 g/mol. The first-order valence-corrected chi connectivity index (χ1v) is 9.97. The molecule has 0 saturated heterocycles. The van der Waals surface area contributed by atoms with Crippen LogP contribution >= 0.6 is 0 Å². The Hall–Kier alpha value is -2.70. The summed E-state index contributed by atoms with van der Waals surface area (Å²) < 4.78 is 1.75. The Labute approximate surface area is 163 Å². The largest absolute Gasteiger partial charge is 0.481 e. The van der Waals surface area contributed by atoms with E-state index in [9.17, 15) is 19.5 Å². The van der Waals surface area contributed by atoms with Crippen LogP contribution in [-0.4, -0.2) is 33.1 Å². The molecule has 3 rings (SSSR count). The van der Waals surface area contributed by atoms with Gasteiger partial charge in [0.2, 0.25) is 0 Å². The van der Waals surface area contributed by atoms with Crippen LogP contribution in [0, 0.1) is 5.41 Å². The molecule has 0 radical (unpaired) electrons. The van der Waals surface area contributed by atoms with Gasteiger partial charge in [0, 0.05) is 25.1 Å². The summed E-state index contributed by atoms with van der Waals surface area (Å²) in [5.74, 6) is -0.491. The van der Waals surface area contributed by atoms with Gasteiger partial charge in [0.1, 0.15) is 5.82 Å². The van der Waals surface area contributed by atoms with Gasteiger partial charge >= 0.3 is 5.97 Å². The van der Waals surface area contributed by atoms with E-state index in [4.69, 9.17) is 0 Å². The second-order valence-corrected chi connectivity index (χ2v) is 7.50. The summed E-state index contributed by atoms with van der Waals surface area (Å²) in [5, 5.41) is 12.8. The Morgan fingerprint density at radius 3 is 2.64 bits per heavy atom. The molecule has 1 aromatic carbocycles. The van der Waals surface area contributed by atoms with Gasteiger partial charge in [0.15, 0.2) is 0 Å². The lowest BCUT2D eigenvalue weighted by atomic mass is 9.82. The van der Waals surface area contributed by atoms with E-state index in [2.05, 4.69) is 10.3 Å². The van der Waals surface area contributed by atoms with Gasteiger partial charge in [-0.2, -0.15) is 0 Å². The molecule has 1 aliphatic heterocycles. The van der Waals surface area contributed by atoms with Gasteiger partial charge in [-0.15, -0.1) is 0 Å². The number of fused-ring (bicyclic) bond motifs is 2. The predicted octanol–water partition coefficient (Wildman–Crippen LogP) is 2.74. The van der Waals surface area contributed by atoms with Crippen LogP contribution in [0.1, 0.15) is 62.1 Å². The Morgan fingerprint density at radius 1 is 1.21 bits per heavy atom. The number of hydrogen-bond donors (Lipinski definition) is 2. The minimum Gasteiger partial charge on any atom is -0.481 e. The van der Waals surface area contributed by atoms with Crippen LogP contribution in [0.2, 0.25) is 0 Å². The van der Waals surface area contributed by atoms with Crippen LogP contribution in [0.15, 0.2) is 23.0 Å². The van der Waals surface area contributed by atoms with Crippen LogP contribution in [0.3, 0.4) is 0 Å². The van der Waals surface area contributed by atoms with E-state index in [1.807, 2.05) is 13.8 Å². The minimum absolute atomic E-state index is 0.0595. The molecule has 1 aliphatic rings. The van der Waals surface area contributed by atoms with Gasteiger partial charge in [-0.25, -0.2) is 4.98 Å². The van der Waals surface area contributed by atoms with Crippen molar-refractivity contribution in [3.05, 3.63) is 39.9 Å². The SMILES string of the molecule is CCC(CC)(CNC(=O)c1ccc2c(=O)n3c(nc2c1)CCCCC3)C(=O)O. The summed E-state index contributed by atoms with van der Waals surface area (Å²) in [6.07, 6.45) is 4.68. The van der Waals surface area contributed by atoms with E-state index in [0.29, 0.717) is 35.9 Å². The highest BCUT2D eigenvalue weighted by molar-refractivity contribution is 5.97. The molecule has 0 atom stereocenters. The van der Waals surface area contributed by atoms with Crippen LogP contribution in [0.25, 0.3) is 10.9 Å². The monoisotopic (exact) mass is 385 g/mol. The first-order valence-electron chi connectivity index (χ1n) is 9.97. The summed E-state index contributed by atoms with van der Waals surface area (Å²) in [6, 6.07) is 4.87. The van der Waals surface area contributed by atoms with Crippen molar-refractivity contribution in [2.24, 2.45) is 5.41 Å². The molecule has 0 aliphatic carbocycles. The molecule has 150 valence electrons. The van der Waals surface area contributed by atoms with E-state index in [-0.39, 0.29) is 18.0 Å². The summed E-state index contributed by atoms with van der Waals surface area (Å²) in [7, 11) is 0. The average Bonchev–Trinajstić information content (AvgIpc) is 2.94. The molecule has 2 heterocycles. The van der Waals surface area contributed by atoms with Crippen molar-refractivity contribution in [2.75, 3.05) is 6.54 Å². The third kappa shape index (κ3) is 3.66. The van der Waals surface area contributed by atoms with Gasteiger partial charge in [-0.3, -0.25) is 19.0 Å². The lowest BCUT2D eigenvalue weighted by Gasteiger charge is -2.26. The molecule has 7 nitrogen and oxygen atoms in total. The maximum atomic E-state index is 12.8. The third-order valence-electron chi connectivity index (χ3n) is 5.97. The van der Waals surface area contributed by atoms with Crippen LogP contribution in [-0.2, 0) is 17.8 Å². The number of nitrogens with zero attached hydrogens (tertiary/aromatic N) is 2. The normalized spacial score (nSPS) is 14.4. The van der Waals surface area contributed by atoms with Gasteiger partial charge in [0.25, 0.3) is 11.5 Å². The summed E-state index contributed by atoms with van der Waals surface area (Å²) in [4.78, 5) is 41.6. The smallest absolute Gasteiger partial charge is 0.311 e. The number of nitrogens with one attached hydrogen (secondary N) is 1. The van der Waals surface area contributed by atoms with Gasteiger partial charge in [-0.05, 0) is 43.9 Å².